The van der Waals surface area contributed by atoms with E-state index in [1.165, 1.54) is 0 Å². The van der Waals surface area contributed by atoms with Gasteiger partial charge in [0.2, 0.25) is 5.89 Å². The molecule has 0 radical (unpaired) electrons. The minimum atomic E-state index is -0.651. The van der Waals surface area contributed by atoms with E-state index in [9.17, 15) is 10.2 Å². The van der Waals surface area contributed by atoms with E-state index in [0.29, 0.717) is 25.5 Å². The molecule has 0 saturated carbocycles. The highest BCUT2D eigenvalue weighted by Gasteiger charge is 2.30. The molecule has 5 nitrogen and oxygen atoms in total. The van der Waals surface area contributed by atoms with Gasteiger partial charge in [-0.25, -0.2) is 4.98 Å². The van der Waals surface area contributed by atoms with Gasteiger partial charge in [-0.2, -0.15) is 0 Å². The van der Waals surface area contributed by atoms with E-state index in [0.717, 1.165) is 11.5 Å². The predicted octanol–water partition coefficient (Wildman–Crippen LogP) is -0.171. The SMILES string of the molecule is Cc1nc(CN2CC(O)C(O)C2)oc1C. The van der Waals surface area contributed by atoms with Gasteiger partial charge in [-0.15, -0.1) is 0 Å². The van der Waals surface area contributed by atoms with Crippen LogP contribution in [-0.2, 0) is 6.54 Å². The van der Waals surface area contributed by atoms with E-state index in [4.69, 9.17) is 4.42 Å². The minimum absolute atomic E-state index is 0.474. The van der Waals surface area contributed by atoms with Gasteiger partial charge >= 0.3 is 0 Å². The Morgan fingerprint density at radius 2 is 1.93 bits per heavy atom. The van der Waals surface area contributed by atoms with Crippen molar-refractivity contribution >= 4 is 0 Å². The van der Waals surface area contributed by atoms with E-state index in [1.54, 1.807) is 0 Å². The van der Waals surface area contributed by atoms with Crippen molar-refractivity contribution in [3.05, 3.63) is 17.3 Å². The second kappa shape index (κ2) is 3.92. The van der Waals surface area contributed by atoms with Crippen molar-refractivity contribution in [1.82, 2.24) is 9.88 Å². The summed E-state index contributed by atoms with van der Waals surface area (Å²) >= 11 is 0. The zero-order valence-electron chi connectivity index (χ0n) is 8.97. The number of aromatic nitrogens is 1. The Balaban J connectivity index is 1.98. The Bertz CT molecular complexity index is 321. The third kappa shape index (κ3) is 2.19. The summed E-state index contributed by atoms with van der Waals surface area (Å²) < 4.78 is 5.43. The lowest BCUT2D eigenvalue weighted by molar-refractivity contribution is 0.0572. The monoisotopic (exact) mass is 212 g/mol. The van der Waals surface area contributed by atoms with Gasteiger partial charge in [-0.05, 0) is 13.8 Å². The molecule has 0 bridgehead atoms. The van der Waals surface area contributed by atoms with E-state index in [1.807, 2.05) is 18.7 Å². The highest BCUT2D eigenvalue weighted by Crippen LogP contribution is 2.15. The number of β-amino-alcohol motifs (C(OH)–C–C–N with tert-alkyl or cyclic N) is 2. The zero-order chi connectivity index (χ0) is 11.0. The first-order valence-electron chi connectivity index (χ1n) is 5.07. The molecule has 0 spiro atoms. The minimum Gasteiger partial charge on any atom is -0.444 e. The number of hydrogen-bond acceptors (Lipinski definition) is 5. The summed E-state index contributed by atoms with van der Waals surface area (Å²) in [4.78, 5) is 6.18. The number of aliphatic hydroxyl groups is 2. The molecule has 1 aromatic heterocycles. The van der Waals surface area contributed by atoms with E-state index in [2.05, 4.69) is 4.98 Å². The first-order valence-corrected chi connectivity index (χ1v) is 5.07. The molecule has 1 fully saturated rings. The zero-order valence-corrected chi connectivity index (χ0v) is 8.97. The number of oxazole rings is 1. The third-order valence-electron chi connectivity index (χ3n) is 2.77. The van der Waals surface area contributed by atoms with Crippen molar-refractivity contribution in [3.8, 4) is 0 Å². The van der Waals surface area contributed by atoms with Crippen LogP contribution in [0.2, 0.25) is 0 Å². The molecule has 15 heavy (non-hydrogen) atoms. The molecular formula is C10H16N2O3. The van der Waals surface area contributed by atoms with Gasteiger partial charge in [0.05, 0.1) is 24.4 Å². The van der Waals surface area contributed by atoms with Crippen LogP contribution in [0.15, 0.2) is 4.42 Å². The average Bonchev–Trinajstić information content (AvgIpc) is 2.59. The molecule has 1 aliphatic heterocycles. The molecule has 1 aromatic rings. The van der Waals surface area contributed by atoms with Crippen LogP contribution in [0.5, 0.6) is 0 Å². The number of aryl methyl sites for hydroxylation is 2. The lowest BCUT2D eigenvalue weighted by Crippen LogP contribution is -2.22. The Hall–Kier alpha value is -0.910. The van der Waals surface area contributed by atoms with Crippen LogP contribution in [0, 0.1) is 13.8 Å². The highest BCUT2D eigenvalue weighted by atomic mass is 16.4. The molecule has 2 atom stereocenters. The number of likely N-dealkylation sites (tertiary alicyclic amines) is 1. The summed E-state index contributed by atoms with van der Waals surface area (Å²) in [5.74, 6) is 1.47. The number of rotatable bonds is 2. The molecule has 2 rings (SSSR count). The highest BCUT2D eigenvalue weighted by molar-refractivity contribution is 5.05. The summed E-state index contributed by atoms with van der Waals surface area (Å²) in [5.41, 5.74) is 0.894. The smallest absolute Gasteiger partial charge is 0.208 e. The van der Waals surface area contributed by atoms with Crippen molar-refractivity contribution in [2.24, 2.45) is 0 Å². The molecule has 2 heterocycles. The molecular weight excluding hydrogens is 196 g/mol. The van der Waals surface area contributed by atoms with Crippen molar-refractivity contribution < 1.29 is 14.6 Å². The van der Waals surface area contributed by atoms with Crippen LogP contribution in [0.3, 0.4) is 0 Å². The van der Waals surface area contributed by atoms with Crippen LogP contribution in [0.1, 0.15) is 17.3 Å². The van der Waals surface area contributed by atoms with Crippen LogP contribution in [0.25, 0.3) is 0 Å². The maximum Gasteiger partial charge on any atom is 0.208 e. The van der Waals surface area contributed by atoms with E-state index >= 15 is 0 Å². The van der Waals surface area contributed by atoms with Crippen molar-refractivity contribution in [1.29, 1.82) is 0 Å². The van der Waals surface area contributed by atoms with Gasteiger partial charge in [0, 0.05) is 13.1 Å². The van der Waals surface area contributed by atoms with Crippen LogP contribution >= 0.6 is 0 Å². The van der Waals surface area contributed by atoms with Gasteiger partial charge in [-0.3, -0.25) is 4.90 Å². The second-order valence-electron chi connectivity index (χ2n) is 4.08. The fraction of sp³-hybridized carbons (Fsp3) is 0.700. The molecule has 2 N–H and O–H groups in total. The summed E-state index contributed by atoms with van der Waals surface area (Å²) in [7, 11) is 0. The average molecular weight is 212 g/mol. The number of aliphatic hydroxyl groups excluding tert-OH is 2. The van der Waals surface area contributed by atoms with Crippen LogP contribution in [-0.4, -0.2) is 45.4 Å². The second-order valence-corrected chi connectivity index (χ2v) is 4.08. The molecule has 0 aromatic carbocycles. The maximum atomic E-state index is 9.36. The van der Waals surface area contributed by atoms with Gasteiger partial charge in [-0.1, -0.05) is 0 Å². The molecule has 0 amide bonds. The summed E-state index contributed by atoms with van der Waals surface area (Å²) in [6.45, 7) is 5.27. The van der Waals surface area contributed by atoms with E-state index in [-0.39, 0.29) is 0 Å². The van der Waals surface area contributed by atoms with Gasteiger partial charge in [0.15, 0.2) is 0 Å². The fourth-order valence-electron chi connectivity index (χ4n) is 1.77. The lowest BCUT2D eigenvalue weighted by Gasteiger charge is -2.10. The Morgan fingerprint density at radius 3 is 2.40 bits per heavy atom. The topological polar surface area (TPSA) is 69.7 Å². The largest absolute Gasteiger partial charge is 0.444 e. The Kier molecular flexibility index (Phi) is 2.77. The van der Waals surface area contributed by atoms with Crippen molar-refractivity contribution in [2.45, 2.75) is 32.6 Å². The summed E-state index contributed by atoms with van der Waals surface area (Å²) in [6, 6.07) is 0. The van der Waals surface area contributed by atoms with Gasteiger partial charge < -0.3 is 14.6 Å². The van der Waals surface area contributed by atoms with Crippen LogP contribution in [0.4, 0.5) is 0 Å². The van der Waals surface area contributed by atoms with Gasteiger partial charge in [0.1, 0.15) is 5.76 Å². The van der Waals surface area contributed by atoms with Crippen molar-refractivity contribution in [3.63, 3.8) is 0 Å². The summed E-state index contributed by atoms with van der Waals surface area (Å²) in [5, 5.41) is 18.7. The van der Waals surface area contributed by atoms with Crippen LogP contribution < -0.4 is 0 Å². The normalized spacial score (nSPS) is 27.5. The first-order chi connectivity index (χ1) is 7.06. The first kappa shape index (κ1) is 10.6. The third-order valence-corrected chi connectivity index (χ3v) is 2.77. The summed E-state index contributed by atoms with van der Waals surface area (Å²) in [6.07, 6.45) is -1.30. The molecule has 1 aliphatic rings. The number of hydrogen-bond donors (Lipinski definition) is 2. The standard InChI is InChI=1S/C10H16N2O3/c1-6-7(2)15-10(11-6)5-12-3-8(13)9(14)4-12/h8-9,13-14H,3-5H2,1-2H3. The number of nitrogens with zero attached hydrogens (tertiary/aromatic N) is 2. The Morgan fingerprint density at radius 1 is 1.33 bits per heavy atom. The van der Waals surface area contributed by atoms with E-state index < -0.39 is 12.2 Å². The quantitative estimate of drug-likeness (QED) is 0.712. The van der Waals surface area contributed by atoms with Crippen molar-refractivity contribution in [2.75, 3.05) is 13.1 Å². The maximum absolute atomic E-state index is 9.36. The fourth-order valence-corrected chi connectivity index (χ4v) is 1.77. The molecule has 84 valence electrons. The predicted molar refractivity (Wildman–Crippen MR) is 53.3 cm³/mol. The molecule has 1 saturated heterocycles. The molecule has 5 heteroatoms. The van der Waals surface area contributed by atoms with Gasteiger partial charge in [0.25, 0.3) is 0 Å². The molecule has 0 aliphatic carbocycles. The lowest BCUT2D eigenvalue weighted by atomic mass is 10.3. The molecule has 2 unspecified atom stereocenters. The Labute approximate surface area is 88.3 Å².